The number of rotatable bonds is 2. The van der Waals surface area contributed by atoms with Gasteiger partial charge in [-0.25, -0.2) is 0 Å². The Kier molecular flexibility index (Phi) is 4.34. The summed E-state index contributed by atoms with van der Waals surface area (Å²) in [5.41, 5.74) is 2.52. The first-order chi connectivity index (χ1) is 10.4. The third-order valence-electron chi connectivity index (χ3n) is 4.21. The van der Waals surface area contributed by atoms with Gasteiger partial charge in [0.2, 0.25) is 5.82 Å². The molecule has 1 fully saturated rings. The van der Waals surface area contributed by atoms with Gasteiger partial charge < -0.3 is 4.90 Å². The number of azo groups is 1. The van der Waals surface area contributed by atoms with Gasteiger partial charge >= 0.3 is 0 Å². The number of aromatic nitrogens is 2. The lowest BCUT2D eigenvalue weighted by atomic mass is 10.1. The van der Waals surface area contributed by atoms with Crippen molar-refractivity contribution >= 4 is 29.0 Å². The van der Waals surface area contributed by atoms with Crippen molar-refractivity contribution in [2.24, 2.45) is 10.2 Å². The van der Waals surface area contributed by atoms with Gasteiger partial charge in [0, 0.05) is 29.6 Å². The highest BCUT2D eigenvalue weighted by atomic mass is 35.5. The predicted octanol–water partition coefficient (Wildman–Crippen LogP) is 4.24. The van der Waals surface area contributed by atoms with Gasteiger partial charge in [0.15, 0.2) is 0 Å². The SMILES string of the molecule is Cl.c1ccc2c(N=NC3=C4CCCN4CCC3)nncc2c1. The monoisotopic (exact) mass is 315 g/mol. The molecule has 1 saturated heterocycles. The molecule has 0 saturated carbocycles. The van der Waals surface area contributed by atoms with Crippen LogP contribution in [0.5, 0.6) is 0 Å². The Morgan fingerprint density at radius 2 is 1.82 bits per heavy atom. The molecule has 2 aliphatic rings. The number of hydrogen-bond donors (Lipinski definition) is 0. The van der Waals surface area contributed by atoms with E-state index in [0.29, 0.717) is 5.82 Å². The molecule has 0 radical (unpaired) electrons. The molecule has 1 aromatic carbocycles. The van der Waals surface area contributed by atoms with Gasteiger partial charge in [0.1, 0.15) is 0 Å². The van der Waals surface area contributed by atoms with Crippen molar-refractivity contribution in [3.63, 3.8) is 0 Å². The van der Waals surface area contributed by atoms with Crippen LogP contribution in [0.4, 0.5) is 5.82 Å². The van der Waals surface area contributed by atoms with Crippen molar-refractivity contribution < 1.29 is 0 Å². The molecule has 2 aliphatic heterocycles. The normalized spacial score (nSPS) is 17.9. The highest BCUT2D eigenvalue weighted by Gasteiger charge is 2.24. The van der Waals surface area contributed by atoms with Gasteiger partial charge in [-0.15, -0.1) is 22.6 Å². The average molecular weight is 316 g/mol. The van der Waals surface area contributed by atoms with E-state index in [1.54, 1.807) is 6.20 Å². The van der Waals surface area contributed by atoms with E-state index in [2.05, 4.69) is 25.3 Å². The van der Waals surface area contributed by atoms with E-state index in [1.165, 1.54) is 31.6 Å². The van der Waals surface area contributed by atoms with Crippen LogP contribution in [0.1, 0.15) is 25.7 Å². The second-order valence-electron chi connectivity index (χ2n) is 5.54. The molecule has 0 bridgehead atoms. The molecule has 0 aliphatic carbocycles. The fourth-order valence-corrected chi connectivity index (χ4v) is 3.19. The summed E-state index contributed by atoms with van der Waals surface area (Å²) in [5.74, 6) is 0.608. The fraction of sp³-hybridized carbons (Fsp3) is 0.375. The summed E-state index contributed by atoms with van der Waals surface area (Å²) in [5, 5.41) is 19.1. The van der Waals surface area contributed by atoms with Crippen molar-refractivity contribution in [3.8, 4) is 0 Å². The quantitative estimate of drug-likeness (QED) is 0.779. The molecule has 0 unspecified atom stereocenters. The Morgan fingerprint density at radius 1 is 1.00 bits per heavy atom. The Hall–Kier alpha value is -2.01. The van der Waals surface area contributed by atoms with Crippen LogP contribution < -0.4 is 0 Å². The van der Waals surface area contributed by atoms with Crippen LogP contribution in [0, 0.1) is 0 Å². The van der Waals surface area contributed by atoms with E-state index in [1.807, 2.05) is 24.3 Å². The molecular formula is C16H18ClN5. The molecule has 114 valence electrons. The molecule has 22 heavy (non-hydrogen) atoms. The smallest absolute Gasteiger partial charge is 0.204 e. The Balaban J connectivity index is 0.00000144. The van der Waals surface area contributed by atoms with Crippen molar-refractivity contribution in [1.82, 2.24) is 15.1 Å². The minimum absolute atomic E-state index is 0. The maximum absolute atomic E-state index is 4.51. The van der Waals surface area contributed by atoms with E-state index in [-0.39, 0.29) is 12.4 Å². The second kappa shape index (κ2) is 6.40. The van der Waals surface area contributed by atoms with Crippen molar-refractivity contribution in [1.29, 1.82) is 0 Å². The summed E-state index contributed by atoms with van der Waals surface area (Å²) in [7, 11) is 0. The summed E-state index contributed by atoms with van der Waals surface area (Å²) >= 11 is 0. The fourth-order valence-electron chi connectivity index (χ4n) is 3.19. The summed E-state index contributed by atoms with van der Waals surface area (Å²) in [6.07, 6.45) is 6.32. The molecule has 0 spiro atoms. The highest BCUT2D eigenvalue weighted by molar-refractivity contribution is 5.89. The van der Waals surface area contributed by atoms with Gasteiger partial charge in [0.05, 0.1) is 11.9 Å². The third kappa shape index (κ3) is 2.68. The number of fused-ring (bicyclic) bond motifs is 2. The van der Waals surface area contributed by atoms with E-state index in [0.717, 1.165) is 29.3 Å². The molecule has 4 rings (SSSR count). The molecule has 5 nitrogen and oxygen atoms in total. The van der Waals surface area contributed by atoms with E-state index in [9.17, 15) is 0 Å². The lowest BCUT2D eigenvalue weighted by molar-refractivity contribution is 0.358. The minimum Gasteiger partial charge on any atom is -0.373 e. The first kappa shape index (κ1) is 14.9. The summed E-state index contributed by atoms with van der Waals surface area (Å²) in [6.45, 7) is 2.34. The highest BCUT2D eigenvalue weighted by Crippen LogP contribution is 2.32. The van der Waals surface area contributed by atoms with Crippen LogP contribution >= 0.6 is 12.4 Å². The van der Waals surface area contributed by atoms with Crippen LogP contribution in [0.3, 0.4) is 0 Å². The number of allylic oxidation sites excluding steroid dienone is 2. The Labute approximate surface area is 135 Å². The number of halogens is 1. The van der Waals surface area contributed by atoms with Crippen molar-refractivity contribution in [3.05, 3.63) is 41.9 Å². The maximum Gasteiger partial charge on any atom is 0.204 e. The first-order valence-electron chi connectivity index (χ1n) is 7.51. The summed E-state index contributed by atoms with van der Waals surface area (Å²) < 4.78 is 0. The zero-order valence-electron chi connectivity index (χ0n) is 12.3. The van der Waals surface area contributed by atoms with Gasteiger partial charge in [-0.1, -0.05) is 24.3 Å². The average Bonchev–Trinajstić information content (AvgIpc) is 3.02. The second-order valence-corrected chi connectivity index (χ2v) is 5.54. The number of benzene rings is 1. The molecule has 0 amide bonds. The lowest BCUT2D eigenvalue weighted by Crippen LogP contribution is -2.23. The van der Waals surface area contributed by atoms with E-state index in [4.69, 9.17) is 0 Å². The van der Waals surface area contributed by atoms with Gasteiger partial charge in [-0.2, -0.15) is 10.2 Å². The zero-order chi connectivity index (χ0) is 14.1. The van der Waals surface area contributed by atoms with Crippen LogP contribution in [0.2, 0.25) is 0 Å². The standard InChI is InChI=1S/C16H17N5.ClH/c1-2-6-13-12(5-1)11-17-19-16(13)20-18-14-7-3-9-21-10-4-8-15(14)21;/h1-2,5-6,11H,3-4,7-10H2;1H. The van der Waals surface area contributed by atoms with Crippen LogP contribution in [0.25, 0.3) is 10.8 Å². The molecule has 2 aromatic rings. The van der Waals surface area contributed by atoms with Crippen LogP contribution in [-0.2, 0) is 0 Å². The van der Waals surface area contributed by atoms with Crippen molar-refractivity contribution in [2.75, 3.05) is 13.1 Å². The van der Waals surface area contributed by atoms with Gasteiger partial charge in [0.25, 0.3) is 0 Å². The lowest BCUT2D eigenvalue weighted by Gasteiger charge is -2.25. The minimum atomic E-state index is 0. The third-order valence-corrected chi connectivity index (χ3v) is 4.21. The number of nitrogens with zero attached hydrogens (tertiary/aromatic N) is 5. The first-order valence-corrected chi connectivity index (χ1v) is 7.51. The van der Waals surface area contributed by atoms with Gasteiger partial charge in [-0.05, 0) is 25.7 Å². The summed E-state index contributed by atoms with van der Waals surface area (Å²) in [6, 6.07) is 8.01. The number of hydrogen-bond acceptors (Lipinski definition) is 5. The maximum atomic E-state index is 4.51. The summed E-state index contributed by atoms with van der Waals surface area (Å²) in [4.78, 5) is 2.45. The predicted molar refractivity (Wildman–Crippen MR) is 88.4 cm³/mol. The molecule has 3 heterocycles. The topological polar surface area (TPSA) is 53.7 Å². The zero-order valence-corrected chi connectivity index (χ0v) is 13.1. The largest absolute Gasteiger partial charge is 0.373 e. The van der Waals surface area contributed by atoms with Gasteiger partial charge in [-0.3, -0.25) is 0 Å². The molecular weight excluding hydrogens is 298 g/mol. The molecule has 0 atom stereocenters. The molecule has 0 N–H and O–H groups in total. The molecule has 1 aromatic heterocycles. The van der Waals surface area contributed by atoms with Crippen LogP contribution in [0.15, 0.2) is 52.1 Å². The van der Waals surface area contributed by atoms with Crippen molar-refractivity contribution in [2.45, 2.75) is 25.7 Å². The van der Waals surface area contributed by atoms with Crippen LogP contribution in [-0.4, -0.2) is 28.2 Å². The van der Waals surface area contributed by atoms with E-state index < -0.39 is 0 Å². The molecule has 6 heteroatoms. The Morgan fingerprint density at radius 3 is 2.73 bits per heavy atom. The Bertz CT molecular complexity index is 735. The van der Waals surface area contributed by atoms with E-state index >= 15 is 0 Å².